The van der Waals surface area contributed by atoms with Crippen molar-refractivity contribution >= 4 is 39.9 Å². The second-order valence-electron chi connectivity index (χ2n) is 14.2. The number of carbonyl (C=O) groups is 2. The number of hydrogen-bond donors (Lipinski definition) is 2. The Labute approximate surface area is 272 Å². The fraction of sp³-hybridized carbons (Fsp3) is 0.559. The quantitative estimate of drug-likeness (QED) is 0.327. The van der Waals surface area contributed by atoms with Crippen molar-refractivity contribution in [2.45, 2.75) is 63.1 Å². The number of ether oxygens (including phenoxy) is 2. The highest BCUT2D eigenvalue weighted by atomic mass is 16.5. The average molecular weight is 640 g/mol. The Morgan fingerprint density at radius 1 is 1.13 bits per heavy atom. The molecule has 3 aromatic heterocycles. The SMILES string of the molecule is COc1cc2nn(C3CC4(CCN(C(=O)C5CCNCC5)CC4)C3)cc2cc1NC(=O)c1cnn2ccc(N3C[C@H]4C[C@@H]3CO4)nc12. The summed E-state index contributed by atoms with van der Waals surface area (Å²) in [5.74, 6) is 1.64. The number of amides is 2. The number of aromatic nitrogens is 5. The van der Waals surface area contributed by atoms with Crippen molar-refractivity contribution in [1.82, 2.24) is 34.6 Å². The van der Waals surface area contributed by atoms with Crippen LogP contribution in [-0.4, -0.2) is 99.7 Å². The van der Waals surface area contributed by atoms with Gasteiger partial charge in [-0.1, -0.05) is 0 Å². The predicted molar refractivity (Wildman–Crippen MR) is 175 cm³/mol. The first-order chi connectivity index (χ1) is 22.9. The van der Waals surface area contributed by atoms with E-state index in [0.29, 0.717) is 52.7 Å². The molecule has 2 atom stereocenters. The van der Waals surface area contributed by atoms with Gasteiger partial charge in [-0.25, -0.2) is 9.50 Å². The van der Waals surface area contributed by atoms with Crippen molar-refractivity contribution in [3.63, 3.8) is 0 Å². The van der Waals surface area contributed by atoms with Crippen LogP contribution in [0.15, 0.2) is 36.8 Å². The molecule has 13 heteroatoms. The number of morpholine rings is 1. The van der Waals surface area contributed by atoms with Crippen molar-refractivity contribution in [2.24, 2.45) is 11.3 Å². The Morgan fingerprint density at radius 3 is 2.70 bits per heavy atom. The van der Waals surface area contributed by atoms with Gasteiger partial charge in [-0.15, -0.1) is 0 Å². The molecule has 2 N–H and O–H groups in total. The highest BCUT2D eigenvalue weighted by Crippen LogP contribution is 2.55. The molecule has 9 rings (SSSR count). The van der Waals surface area contributed by atoms with Crippen molar-refractivity contribution in [3.05, 3.63) is 42.4 Å². The topological polar surface area (TPSA) is 131 Å². The minimum absolute atomic E-state index is 0.192. The Hall–Kier alpha value is -4.23. The van der Waals surface area contributed by atoms with E-state index >= 15 is 0 Å². The molecule has 4 aromatic rings. The maximum atomic E-state index is 13.6. The van der Waals surface area contributed by atoms with E-state index in [1.165, 1.54) is 0 Å². The summed E-state index contributed by atoms with van der Waals surface area (Å²) < 4.78 is 15.2. The third-order valence-electron chi connectivity index (χ3n) is 11.4. The smallest absolute Gasteiger partial charge is 0.261 e. The number of nitrogens with zero attached hydrogens (tertiary/aromatic N) is 7. The first-order valence-electron chi connectivity index (χ1n) is 17.1. The molecule has 2 amide bonds. The van der Waals surface area contributed by atoms with Crippen LogP contribution in [0, 0.1) is 11.3 Å². The molecule has 47 heavy (non-hydrogen) atoms. The first kappa shape index (κ1) is 29.0. The van der Waals surface area contributed by atoms with Gasteiger partial charge in [-0.05, 0) is 75.6 Å². The second-order valence-corrected chi connectivity index (χ2v) is 14.2. The maximum absolute atomic E-state index is 13.6. The Balaban J connectivity index is 0.881. The summed E-state index contributed by atoms with van der Waals surface area (Å²) in [6.45, 7) is 5.16. The standard InChI is InChI=1S/C34H41N9O4/c1-46-29-14-27-22(18-43(39-27)24-15-34(16-24)5-10-40(11-6-34)33(45)21-2-7-35-8-3-21)12-28(29)37-32(44)26-17-36-42-9-4-30(38-31(26)42)41-19-25-13-23(41)20-47-25/h4,9,12,14,17-18,21,23-25,35H,2-3,5-8,10-11,13,15-16,19-20H2,1H3,(H,37,44)/t23-,25-/m1/s1. The number of piperidine rings is 2. The second kappa shape index (κ2) is 11.2. The first-order valence-corrected chi connectivity index (χ1v) is 17.1. The molecule has 246 valence electrons. The van der Waals surface area contributed by atoms with Crippen LogP contribution >= 0.6 is 0 Å². The number of nitrogens with one attached hydrogen (secondary N) is 2. The zero-order chi connectivity index (χ0) is 31.7. The zero-order valence-electron chi connectivity index (χ0n) is 26.7. The molecule has 13 nitrogen and oxygen atoms in total. The molecule has 5 fully saturated rings. The van der Waals surface area contributed by atoms with Gasteiger partial charge in [-0.3, -0.25) is 14.3 Å². The summed E-state index contributed by atoms with van der Waals surface area (Å²) in [4.78, 5) is 35.9. The lowest BCUT2D eigenvalue weighted by Crippen LogP contribution is -2.51. The number of likely N-dealkylation sites (tertiary alicyclic amines) is 1. The molecule has 2 bridgehead atoms. The zero-order valence-corrected chi connectivity index (χ0v) is 26.7. The van der Waals surface area contributed by atoms with E-state index in [9.17, 15) is 9.59 Å². The summed E-state index contributed by atoms with van der Waals surface area (Å²) in [5.41, 5.74) is 2.61. The molecular weight excluding hydrogens is 598 g/mol. The summed E-state index contributed by atoms with van der Waals surface area (Å²) in [6, 6.07) is 6.42. The molecule has 5 aliphatic rings. The minimum atomic E-state index is -0.299. The number of rotatable bonds is 6. The maximum Gasteiger partial charge on any atom is 0.261 e. The largest absolute Gasteiger partial charge is 0.494 e. The van der Waals surface area contributed by atoms with E-state index in [2.05, 4.69) is 36.4 Å². The Kier molecular flexibility index (Phi) is 6.89. The van der Waals surface area contributed by atoms with Crippen molar-refractivity contribution in [1.29, 1.82) is 0 Å². The normalized spacial score (nSPS) is 24.4. The molecule has 0 radical (unpaired) electrons. The molecule has 4 saturated heterocycles. The molecular formula is C34H41N9O4. The van der Waals surface area contributed by atoms with Gasteiger partial charge in [0.05, 0.1) is 49.3 Å². The van der Waals surface area contributed by atoms with Gasteiger partial charge in [0.15, 0.2) is 5.65 Å². The van der Waals surface area contributed by atoms with E-state index in [4.69, 9.17) is 19.6 Å². The number of carbonyl (C=O) groups excluding carboxylic acids is 2. The van der Waals surface area contributed by atoms with Gasteiger partial charge >= 0.3 is 0 Å². The fourth-order valence-corrected chi connectivity index (χ4v) is 8.64. The number of hydrogen-bond acceptors (Lipinski definition) is 9. The van der Waals surface area contributed by atoms with Crippen molar-refractivity contribution in [2.75, 3.05) is 56.7 Å². The molecule has 1 aromatic carbocycles. The van der Waals surface area contributed by atoms with Crippen LogP contribution < -0.4 is 20.3 Å². The molecule has 1 saturated carbocycles. The Bertz CT molecular complexity index is 1850. The third-order valence-corrected chi connectivity index (χ3v) is 11.4. The van der Waals surface area contributed by atoms with Crippen molar-refractivity contribution in [3.8, 4) is 5.75 Å². The van der Waals surface area contributed by atoms with Crippen LogP contribution in [0.5, 0.6) is 5.75 Å². The monoisotopic (exact) mass is 639 g/mol. The molecule has 4 aliphatic heterocycles. The lowest BCUT2D eigenvalue weighted by atomic mass is 9.60. The number of anilines is 2. The Morgan fingerprint density at radius 2 is 1.96 bits per heavy atom. The van der Waals surface area contributed by atoms with E-state index in [0.717, 1.165) is 94.4 Å². The van der Waals surface area contributed by atoms with E-state index < -0.39 is 0 Å². The van der Waals surface area contributed by atoms with Gasteiger partial charge in [0.25, 0.3) is 5.91 Å². The predicted octanol–water partition coefficient (Wildman–Crippen LogP) is 3.26. The minimum Gasteiger partial charge on any atom is -0.494 e. The molecule has 0 unspecified atom stereocenters. The summed E-state index contributed by atoms with van der Waals surface area (Å²) in [5, 5.41) is 16.7. The van der Waals surface area contributed by atoms with E-state index in [-0.39, 0.29) is 17.9 Å². The summed E-state index contributed by atoms with van der Waals surface area (Å²) >= 11 is 0. The number of methoxy groups -OCH3 is 1. The summed E-state index contributed by atoms with van der Waals surface area (Å²) in [7, 11) is 1.60. The van der Waals surface area contributed by atoms with Gasteiger partial charge in [0, 0.05) is 49.4 Å². The highest BCUT2D eigenvalue weighted by molar-refractivity contribution is 6.09. The van der Waals surface area contributed by atoms with Crippen LogP contribution in [-0.2, 0) is 9.53 Å². The fourth-order valence-electron chi connectivity index (χ4n) is 8.64. The third kappa shape index (κ3) is 5.02. The van der Waals surface area contributed by atoms with E-state index in [1.807, 2.05) is 24.4 Å². The van der Waals surface area contributed by atoms with Crippen LogP contribution in [0.2, 0.25) is 0 Å². The average Bonchev–Trinajstić information content (AvgIpc) is 3.90. The van der Waals surface area contributed by atoms with Gasteiger partial charge in [0.1, 0.15) is 17.1 Å². The van der Waals surface area contributed by atoms with Crippen molar-refractivity contribution < 1.29 is 19.1 Å². The van der Waals surface area contributed by atoms with Crippen LogP contribution in [0.25, 0.3) is 16.6 Å². The lowest BCUT2D eigenvalue weighted by molar-refractivity contribution is -0.140. The van der Waals surface area contributed by atoms with Crippen LogP contribution in [0.3, 0.4) is 0 Å². The number of benzene rings is 1. The molecule has 1 aliphatic carbocycles. The number of fused-ring (bicyclic) bond motifs is 4. The molecule has 7 heterocycles. The highest BCUT2D eigenvalue weighted by Gasteiger charge is 2.48. The van der Waals surface area contributed by atoms with Gasteiger partial charge in [0.2, 0.25) is 5.91 Å². The van der Waals surface area contributed by atoms with Crippen LogP contribution in [0.1, 0.15) is 61.3 Å². The van der Waals surface area contributed by atoms with Gasteiger partial charge < -0.3 is 29.9 Å². The summed E-state index contributed by atoms with van der Waals surface area (Å²) in [6.07, 6.45) is 13.0. The van der Waals surface area contributed by atoms with E-state index in [1.54, 1.807) is 17.8 Å². The van der Waals surface area contributed by atoms with Crippen LogP contribution in [0.4, 0.5) is 11.5 Å². The molecule has 1 spiro atoms. The van der Waals surface area contributed by atoms with Gasteiger partial charge in [-0.2, -0.15) is 10.2 Å². The lowest BCUT2D eigenvalue weighted by Gasteiger charge is -2.52.